The first-order valence-corrected chi connectivity index (χ1v) is 7.13. The van der Waals surface area contributed by atoms with Crippen LogP contribution in [0.5, 0.6) is 0 Å². The van der Waals surface area contributed by atoms with E-state index in [0.29, 0.717) is 6.42 Å². The quantitative estimate of drug-likeness (QED) is 0.230. The number of rotatable bonds is 9. The van der Waals surface area contributed by atoms with Crippen molar-refractivity contribution in [2.75, 3.05) is 0 Å². The van der Waals surface area contributed by atoms with Gasteiger partial charge in [0, 0.05) is 0 Å². The predicted molar refractivity (Wildman–Crippen MR) is 70.7 cm³/mol. The second kappa shape index (κ2) is 7.26. The van der Waals surface area contributed by atoms with Gasteiger partial charge in [-0.1, -0.05) is 38.3 Å². The minimum Gasteiger partial charge on any atom is -0.285 e. The fourth-order valence-corrected chi connectivity index (χ4v) is 2.89. The molecule has 0 aliphatic heterocycles. The Bertz CT molecular complexity index is 437. The van der Waals surface area contributed by atoms with Crippen LogP contribution in [0, 0.1) is 0 Å². The first-order valence-electron chi connectivity index (χ1n) is 5.69. The molecule has 0 aromatic rings. The molecule has 18 heavy (non-hydrogen) atoms. The van der Waals surface area contributed by atoms with Crippen LogP contribution in [0.4, 0.5) is 0 Å². The molecule has 0 spiro atoms. The molecule has 6 heteroatoms. The lowest BCUT2D eigenvalue weighted by molar-refractivity contribution is 0.414. The Balaban J connectivity index is 5.55. The highest BCUT2D eigenvalue weighted by atomic mass is 32.2. The molecule has 0 heterocycles. The van der Waals surface area contributed by atoms with Gasteiger partial charge in [0.05, 0.1) is 0 Å². The highest BCUT2D eigenvalue weighted by molar-refractivity contribution is 7.87. The van der Waals surface area contributed by atoms with Crippen molar-refractivity contribution in [2.45, 2.75) is 43.4 Å². The van der Waals surface area contributed by atoms with Crippen molar-refractivity contribution in [3.63, 3.8) is 0 Å². The Labute approximate surface area is 108 Å². The zero-order valence-corrected chi connectivity index (χ0v) is 11.3. The maximum Gasteiger partial charge on any atom is 0.276 e. The molecule has 102 valence electrons. The number of aliphatic imine (C=N–C) groups is 1. The van der Waals surface area contributed by atoms with Gasteiger partial charge in [0.2, 0.25) is 6.08 Å². The number of carbonyl (C=O) groups excluding carboxylic acids is 1. The average Bonchev–Trinajstić information content (AvgIpc) is 2.31. The lowest BCUT2D eigenvalue weighted by Crippen LogP contribution is -2.45. The topological polar surface area (TPSA) is 83.8 Å². The lowest BCUT2D eigenvalue weighted by Gasteiger charge is -2.30. The molecule has 0 aliphatic carbocycles. The van der Waals surface area contributed by atoms with Gasteiger partial charge in [0.25, 0.3) is 10.1 Å². The molecule has 0 rings (SSSR count). The van der Waals surface area contributed by atoms with Gasteiger partial charge in [-0.25, -0.2) is 4.79 Å². The summed E-state index contributed by atoms with van der Waals surface area (Å²) in [5.74, 6) is 0. The van der Waals surface area contributed by atoms with E-state index in [9.17, 15) is 17.8 Å². The summed E-state index contributed by atoms with van der Waals surface area (Å²) in [7, 11) is -4.45. The zero-order valence-electron chi connectivity index (χ0n) is 10.5. The van der Waals surface area contributed by atoms with Crippen LogP contribution < -0.4 is 0 Å². The molecule has 2 unspecified atom stereocenters. The summed E-state index contributed by atoms with van der Waals surface area (Å²) in [5.41, 5.74) is 0. The number of hydrogen-bond acceptors (Lipinski definition) is 4. The number of unbranched alkanes of at least 4 members (excludes halogenated alkanes) is 2. The van der Waals surface area contributed by atoms with Gasteiger partial charge >= 0.3 is 0 Å². The van der Waals surface area contributed by atoms with E-state index < -0.39 is 20.9 Å². The van der Waals surface area contributed by atoms with Crippen LogP contribution in [0.3, 0.4) is 0 Å². The summed E-state index contributed by atoms with van der Waals surface area (Å²) in [6, 6.07) is -1.08. The van der Waals surface area contributed by atoms with E-state index in [1.807, 2.05) is 6.92 Å². The SMILES string of the molecule is C=CC(N=C=O)C(C=C)(CCCCC)S(=O)(=O)O. The number of isocyanates is 1. The van der Waals surface area contributed by atoms with Crippen LogP contribution in [-0.2, 0) is 14.9 Å². The maximum atomic E-state index is 11.6. The normalized spacial score (nSPS) is 16.1. The van der Waals surface area contributed by atoms with Gasteiger partial charge < -0.3 is 0 Å². The van der Waals surface area contributed by atoms with Crippen molar-refractivity contribution in [1.29, 1.82) is 0 Å². The Kier molecular flexibility index (Phi) is 6.76. The van der Waals surface area contributed by atoms with Crippen LogP contribution in [0.1, 0.15) is 32.6 Å². The largest absolute Gasteiger partial charge is 0.285 e. The van der Waals surface area contributed by atoms with E-state index in [-0.39, 0.29) is 6.42 Å². The van der Waals surface area contributed by atoms with E-state index in [0.717, 1.165) is 18.9 Å². The summed E-state index contributed by atoms with van der Waals surface area (Å²) in [5, 5.41) is 0. The van der Waals surface area contributed by atoms with Crippen molar-refractivity contribution in [3.05, 3.63) is 25.3 Å². The molecule has 0 aromatic carbocycles. The Morgan fingerprint density at radius 2 is 2.06 bits per heavy atom. The Hall–Kier alpha value is -1.23. The van der Waals surface area contributed by atoms with E-state index >= 15 is 0 Å². The van der Waals surface area contributed by atoms with Crippen molar-refractivity contribution in [2.24, 2.45) is 4.99 Å². The first kappa shape index (κ1) is 16.8. The average molecular weight is 273 g/mol. The summed E-state index contributed by atoms with van der Waals surface area (Å²) in [6.07, 6.45) is 6.02. The smallest absolute Gasteiger partial charge is 0.276 e. The molecular weight excluding hydrogens is 254 g/mol. The van der Waals surface area contributed by atoms with Gasteiger partial charge in [-0.05, 0) is 6.42 Å². The third kappa shape index (κ3) is 3.63. The van der Waals surface area contributed by atoms with Crippen LogP contribution in [0.25, 0.3) is 0 Å². The van der Waals surface area contributed by atoms with Gasteiger partial charge in [0.1, 0.15) is 10.8 Å². The third-order valence-corrected chi connectivity index (χ3v) is 4.49. The van der Waals surface area contributed by atoms with Crippen LogP contribution in [0.2, 0.25) is 0 Å². The van der Waals surface area contributed by atoms with Crippen LogP contribution in [0.15, 0.2) is 30.3 Å². The van der Waals surface area contributed by atoms with Gasteiger partial charge in [-0.3, -0.25) is 4.55 Å². The summed E-state index contributed by atoms with van der Waals surface area (Å²) in [6.45, 7) is 8.86. The van der Waals surface area contributed by atoms with Gasteiger partial charge in [0.15, 0.2) is 0 Å². The van der Waals surface area contributed by atoms with Crippen molar-refractivity contribution in [3.8, 4) is 0 Å². The van der Waals surface area contributed by atoms with Gasteiger partial charge in [-0.15, -0.1) is 13.2 Å². The molecule has 0 amide bonds. The maximum absolute atomic E-state index is 11.6. The molecule has 0 bridgehead atoms. The fraction of sp³-hybridized carbons (Fsp3) is 0.583. The molecule has 0 radical (unpaired) electrons. The van der Waals surface area contributed by atoms with E-state index in [2.05, 4.69) is 18.2 Å². The third-order valence-electron chi connectivity index (χ3n) is 2.91. The fourth-order valence-electron chi connectivity index (χ4n) is 1.83. The molecule has 0 aromatic heterocycles. The van der Waals surface area contributed by atoms with E-state index in [4.69, 9.17) is 0 Å². The molecule has 2 atom stereocenters. The van der Waals surface area contributed by atoms with Crippen molar-refractivity contribution >= 4 is 16.2 Å². The van der Waals surface area contributed by atoms with E-state index in [1.54, 1.807) is 0 Å². The second-order valence-corrected chi connectivity index (χ2v) is 5.70. The molecule has 0 saturated carbocycles. The predicted octanol–water partition coefficient (Wildman–Crippen LogP) is 2.27. The number of nitrogens with zero attached hydrogens (tertiary/aromatic N) is 1. The Morgan fingerprint density at radius 1 is 1.44 bits per heavy atom. The molecule has 0 saturated heterocycles. The van der Waals surface area contributed by atoms with Crippen molar-refractivity contribution < 1.29 is 17.8 Å². The molecule has 1 N–H and O–H groups in total. The first-order chi connectivity index (χ1) is 8.39. The standard InChI is InChI=1S/C12H19NO4S/c1-4-7-8-9-12(6-3,18(15,16)17)11(5-2)13-10-14/h5-6,11H,2-4,7-9H2,1H3,(H,15,16,17). The minimum atomic E-state index is -4.45. The molecule has 5 nitrogen and oxygen atoms in total. The highest BCUT2D eigenvalue weighted by Gasteiger charge is 2.46. The second-order valence-electron chi connectivity index (χ2n) is 3.99. The lowest BCUT2D eigenvalue weighted by atomic mass is 9.92. The monoisotopic (exact) mass is 273 g/mol. The van der Waals surface area contributed by atoms with Crippen LogP contribution in [-0.4, -0.2) is 29.8 Å². The van der Waals surface area contributed by atoms with Crippen LogP contribution >= 0.6 is 0 Å². The summed E-state index contributed by atoms with van der Waals surface area (Å²) >= 11 is 0. The minimum absolute atomic E-state index is 0.130. The summed E-state index contributed by atoms with van der Waals surface area (Å²) < 4.78 is 30.9. The van der Waals surface area contributed by atoms with Gasteiger partial charge in [-0.2, -0.15) is 13.4 Å². The highest BCUT2D eigenvalue weighted by Crippen LogP contribution is 2.32. The van der Waals surface area contributed by atoms with E-state index in [1.165, 1.54) is 12.2 Å². The zero-order chi connectivity index (χ0) is 14.2. The van der Waals surface area contributed by atoms with Crippen molar-refractivity contribution in [1.82, 2.24) is 0 Å². The molecule has 0 fully saturated rings. The summed E-state index contributed by atoms with van der Waals surface area (Å²) in [4.78, 5) is 13.7. The molecule has 0 aliphatic rings. The molecular formula is C12H19NO4S. The Morgan fingerprint density at radius 3 is 2.39 bits per heavy atom. The number of hydrogen-bond donors (Lipinski definition) is 1.